The van der Waals surface area contributed by atoms with Crippen LogP contribution in [0.1, 0.15) is 29.6 Å². The van der Waals surface area contributed by atoms with Crippen molar-refractivity contribution >= 4 is 40.1 Å². The number of methoxy groups -OCH3 is 1. The molecule has 2 amide bonds. The van der Waals surface area contributed by atoms with Gasteiger partial charge in [0.25, 0.3) is 11.6 Å². The number of nitro groups is 1. The summed E-state index contributed by atoms with van der Waals surface area (Å²) >= 11 is 2.00. The van der Waals surface area contributed by atoms with Crippen LogP contribution in [0.4, 0.5) is 5.69 Å². The van der Waals surface area contributed by atoms with E-state index in [0.29, 0.717) is 48.2 Å². The summed E-state index contributed by atoms with van der Waals surface area (Å²) in [6.45, 7) is 2.12. The number of rotatable bonds is 7. The van der Waals surface area contributed by atoms with Crippen molar-refractivity contribution in [2.45, 2.75) is 19.3 Å². The molecule has 0 aliphatic carbocycles. The summed E-state index contributed by atoms with van der Waals surface area (Å²) < 4.78 is 5.62. The fraction of sp³-hybridized carbons (Fsp3) is 0.529. The van der Waals surface area contributed by atoms with Gasteiger partial charge in [-0.15, -0.1) is 0 Å². The van der Waals surface area contributed by atoms with Crippen molar-refractivity contribution in [2.75, 3.05) is 33.4 Å². The maximum absolute atomic E-state index is 12.7. The molecule has 1 saturated heterocycles. The van der Waals surface area contributed by atoms with E-state index in [2.05, 4.69) is 5.32 Å². The van der Waals surface area contributed by atoms with E-state index >= 15 is 0 Å². The second-order valence-electron chi connectivity index (χ2n) is 6.13. The molecule has 2 rings (SSSR count). The zero-order valence-electron chi connectivity index (χ0n) is 14.6. The molecular formula is C17H22IN3O5. The van der Waals surface area contributed by atoms with Gasteiger partial charge < -0.3 is 15.0 Å². The predicted molar refractivity (Wildman–Crippen MR) is 104 cm³/mol. The molecule has 1 aliphatic heterocycles. The molecule has 8 nitrogen and oxygen atoms in total. The minimum absolute atomic E-state index is 0.0122. The van der Waals surface area contributed by atoms with Gasteiger partial charge >= 0.3 is 0 Å². The number of nitrogens with one attached hydrogen (secondary N) is 1. The molecule has 9 heteroatoms. The number of benzene rings is 1. The lowest BCUT2D eigenvalue weighted by Gasteiger charge is -2.31. The van der Waals surface area contributed by atoms with Gasteiger partial charge in [0, 0.05) is 55.0 Å². The Bertz CT molecular complexity index is 674. The first-order valence-corrected chi connectivity index (χ1v) is 9.51. The van der Waals surface area contributed by atoms with Crippen LogP contribution >= 0.6 is 22.6 Å². The van der Waals surface area contributed by atoms with Crippen LogP contribution in [0.5, 0.6) is 0 Å². The van der Waals surface area contributed by atoms with Gasteiger partial charge in [0.2, 0.25) is 5.91 Å². The third-order valence-electron chi connectivity index (χ3n) is 4.37. The molecule has 0 saturated carbocycles. The monoisotopic (exact) mass is 475 g/mol. The van der Waals surface area contributed by atoms with Gasteiger partial charge in [-0.3, -0.25) is 19.7 Å². The number of hydrogen-bond donors (Lipinski definition) is 1. The number of hydrogen-bond acceptors (Lipinski definition) is 5. The molecule has 0 unspecified atom stereocenters. The zero-order valence-corrected chi connectivity index (χ0v) is 16.7. The van der Waals surface area contributed by atoms with Gasteiger partial charge in [-0.25, -0.2) is 0 Å². The number of ether oxygens (including phenoxy) is 1. The van der Waals surface area contributed by atoms with Gasteiger partial charge in [0.05, 0.1) is 10.5 Å². The van der Waals surface area contributed by atoms with Crippen LogP contribution in [-0.4, -0.2) is 55.0 Å². The van der Waals surface area contributed by atoms with E-state index in [-0.39, 0.29) is 23.4 Å². The van der Waals surface area contributed by atoms with E-state index in [1.807, 2.05) is 22.6 Å². The highest BCUT2D eigenvalue weighted by molar-refractivity contribution is 14.1. The molecule has 1 aliphatic rings. The molecule has 142 valence electrons. The van der Waals surface area contributed by atoms with E-state index < -0.39 is 4.92 Å². The third kappa shape index (κ3) is 5.37. The van der Waals surface area contributed by atoms with E-state index in [0.717, 1.165) is 6.42 Å². The van der Waals surface area contributed by atoms with Crippen molar-refractivity contribution < 1.29 is 19.2 Å². The van der Waals surface area contributed by atoms with Crippen molar-refractivity contribution in [2.24, 2.45) is 5.92 Å². The molecule has 1 aromatic carbocycles. The highest BCUT2D eigenvalue weighted by atomic mass is 127. The Hall–Kier alpha value is -1.75. The van der Waals surface area contributed by atoms with Crippen molar-refractivity contribution in [3.05, 3.63) is 37.4 Å². The van der Waals surface area contributed by atoms with Crippen LogP contribution in [0.2, 0.25) is 0 Å². The van der Waals surface area contributed by atoms with Crippen molar-refractivity contribution in [3.8, 4) is 0 Å². The Labute approximate surface area is 165 Å². The molecule has 1 N–H and O–H groups in total. The van der Waals surface area contributed by atoms with Gasteiger partial charge in [-0.05, 0) is 47.9 Å². The molecular weight excluding hydrogens is 453 g/mol. The highest BCUT2D eigenvalue weighted by Crippen LogP contribution is 2.24. The molecule has 0 aromatic heterocycles. The summed E-state index contributed by atoms with van der Waals surface area (Å²) in [5, 5.41) is 13.8. The SMILES string of the molecule is COCCCNC(=O)C1CCN(C(=O)c2cc([N+](=O)[O-])ccc2I)CC1. The maximum Gasteiger partial charge on any atom is 0.270 e. The number of nitro benzene ring substituents is 1. The quantitative estimate of drug-likeness (QED) is 0.282. The predicted octanol–water partition coefficient (Wildman–Crippen LogP) is 2.20. The molecule has 0 spiro atoms. The molecule has 0 atom stereocenters. The summed E-state index contributed by atoms with van der Waals surface area (Å²) in [7, 11) is 1.62. The van der Waals surface area contributed by atoms with Crippen LogP contribution in [0, 0.1) is 19.6 Å². The first-order valence-electron chi connectivity index (χ1n) is 8.44. The van der Waals surface area contributed by atoms with Crippen LogP contribution in [0.15, 0.2) is 18.2 Å². The summed E-state index contributed by atoms with van der Waals surface area (Å²) in [5.41, 5.74) is 0.237. The number of amides is 2. The number of likely N-dealkylation sites (tertiary alicyclic amines) is 1. The summed E-state index contributed by atoms with van der Waals surface area (Å²) in [5.74, 6) is -0.319. The second kappa shape index (κ2) is 9.81. The highest BCUT2D eigenvalue weighted by Gasteiger charge is 2.29. The number of piperidine rings is 1. The van der Waals surface area contributed by atoms with Gasteiger partial charge in [-0.2, -0.15) is 0 Å². The second-order valence-corrected chi connectivity index (χ2v) is 7.29. The van der Waals surface area contributed by atoms with Crippen molar-refractivity contribution in [1.82, 2.24) is 10.2 Å². The molecule has 1 fully saturated rings. The Morgan fingerprint density at radius 3 is 2.69 bits per heavy atom. The molecule has 1 heterocycles. The number of halogens is 1. The molecule has 0 bridgehead atoms. The van der Waals surface area contributed by atoms with E-state index in [1.165, 1.54) is 12.1 Å². The van der Waals surface area contributed by atoms with Gasteiger partial charge in [0.1, 0.15) is 0 Å². The number of carbonyl (C=O) groups is 2. The van der Waals surface area contributed by atoms with E-state index in [9.17, 15) is 19.7 Å². The largest absolute Gasteiger partial charge is 0.385 e. The Balaban J connectivity index is 1.91. The molecule has 26 heavy (non-hydrogen) atoms. The Kier molecular flexibility index (Phi) is 7.76. The average Bonchev–Trinajstić information content (AvgIpc) is 2.65. The van der Waals surface area contributed by atoms with Crippen molar-refractivity contribution in [3.63, 3.8) is 0 Å². The fourth-order valence-corrected chi connectivity index (χ4v) is 3.44. The van der Waals surface area contributed by atoms with Crippen LogP contribution in [-0.2, 0) is 9.53 Å². The van der Waals surface area contributed by atoms with Crippen molar-refractivity contribution in [1.29, 1.82) is 0 Å². The minimum Gasteiger partial charge on any atom is -0.385 e. The fourth-order valence-electron chi connectivity index (χ4n) is 2.88. The number of non-ortho nitro benzene ring substituents is 1. The average molecular weight is 475 g/mol. The standard InChI is InChI=1S/C17H22IN3O5/c1-26-10-2-7-19-16(22)12-5-8-20(9-6-12)17(23)14-11-13(21(24)25)3-4-15(14)18/h3-4,11-12H,2,5-10H2,1H3,(H,19,22). The summed E-state index contributed by atoms with van der Waals surface area (Å²) in [6, 6.07) is 4.28. The molecule has 0 radical (unpaired) electrons. The minimum atomic E-state index is -0.507. The topological polar surface area (TPSA) is 102 Å². The normalized spacial score (nSPS) is 14.9. The van der Waals surface area contributed by atoms with E-state index in [4.69, 9.17) is 4.74 Å². The molecule has 1 aromatic rings. The Morgan fingerprint density at radius 2 is 2.08 bits per heavy atom. The summed E-state index contributed by atoms with van der Waals surface area (Å²) in [4.78, 5) is 36.9. The maximum atomic E-state index is 12.7. The smallest absolute Gasteiger partial charge is 0.270 e. The lowest BCUT2D eigenvalue weighted by atomic mass is 9.95. The third-order valence-corrected chi connectivity index (χ3v) is 5.31. The lowest BCUT2D eigenvalue weighted by molar-refractivity contribution is -0.384. The Morgan fingerprint density at radius 1 is 1.38 bits per heavy atom. The number of carbonyl (C=O) groups excluding carboxylic acids is 2. The van der Waals surface area contributed by atoms with E-state index in [1.54, 1.807) is 18.1 Å². The first-order chi connectivity index (χ1) is 12.4. The summed E-state index contributed by atoms with van der Waals surface area (Å²) in [6.07, 6.45) is 1.95. The lowest BCUT2D eigenvalue weighted by Crippen LogP contribution is -2.43. The van der Waals surface area contributed by atoms with Gasteiger partial charge in [0.15, 0.2) is 0 Å². The van der Waals surface area contributed by atoms with Gasteiger partial charge in [-0.1, -0.05) is 0 Å². The van der Waals surface area contributed by atoms with Crippen LogP contribution < -0.4 is 5.32 Å². The zero-order chi connectivity index (χ0) is 19.1. The first kappa shape index (κ1) is 20.6. The number of nitrogens with zero attached hydrogens (tertiary/aromatic N) is 2. The van der Waals surface area contributed by atoms with Crippen LogP contribution in [0.3, 0.4) is 0 Å². The van der Waals surface area contributed by atoms with Crippen LogP contribution in [0.25, 0.3) is 0 Å².